The normalized spacial score (nSPS) is 18.4. The summed E-state index contributed by atoms with van der Waals surface area (Å²) in [6.07, 6.45) is 3.60. The summed E-state index contributed by atoms with van der Waals surface area (Å²) in [7, 11) is 3.63. The van der Waals surface area contributed by atoms with Crippen molar-refractivity contribution in [1.29, 1.82) is 0 Å². The van der Waals surface area contributed by atoms with Gasteiger partial charge < -0.3 is 25.7 Å². The highest BCUT2D eigenvalue weighted by Gasteiger charge is 2.29. The van der Waals surface area contributed by atoms with Crippen LogP contribution >= 0.6 is 24.8 Å². The van der Waals surface area contributed by atoms with Crippen LogP contribution in [0.25, 0.3) is 0 Å². The molecule has 2 heterocycles. The van der Waals surface area contributed by atoms with E-state index < -0.39 is 0 Å². The first kappa shape index (κ1) is 22.4. The number of methoxy groups -OCH3 is 1. The van der Waals surface area contributed by atoms with Gasteiger partial charge in [0.2, 0.25) is 5.95 Å². The van der Waals surface area contributed by atoms with E-state index in [9.17, 15) is 0 Å². The van der Waals surface area contributed by atoms with Crippen molar-refractivity contribution >= 4 is 36.6 Å². The summed E-state index contributed by atoms with van der Waals surface area (Å²) in [5, 5.41) is 8.15. The molecule has 11 heteroatoms. The van der Waals surface area contributed by atoms with E-state index in [-0.39, 0.29) is 36.8 Å². The van der Waals surface area contributed by atoms with E-state index in [0.29, 0.717) is 25.6 Å². The minimum atomic E-state index is 0. The van der Waals surface area contributed by atoms with Crippen LogP contribution in [-0.4, -0.2) is 51.5 Å². The molecule has 0 radical (unpaired) electrons. The van der Waals surface area contributed by atoms with Gasteiger partial charge in [0, 0.05) is 38.7 Å². The third-order valence-corrected chi connectivity index (χ3v) is 4.34. The fourth-order valence-electron chi connectivity index (χ4n) is 2.85. The number of anilines is 2. The molecule has 1 aliphatic carbocycles. The molecule has 0 bridgehead atoms. The molecule has 0 spiro atoms. The number of aromatic nitrogens is 5. The lowest BCUT2D eigenvalue weighted by Gasteiger charge is -2.32. The maximum absolute atomic E-state index is 5.89. The van der Waals surface area contributed by atoms with Gasteiger partial charge in [0.1, 0.15) is 12.1 Å². The molecule has 0 atom stereocenters. The SMILES string of the molecule is COCCn1cnnc1CN(C)c1cc(C2CC(N)C2)nc(N)n1.Cl.Cl. The molecule has 3 rings (SSSR count). The molecular formula is C15H26Cl2N8O. The Labute approximate surface area is 165 Å². The number of ether oxygens (including phenoxy) is 1. The number of hydrogen-bond acceptors (Lipinski definition) is 8. The highest BCUT2D eigenvalue weighted by molar-refractivity contribution is 5.85. The van der Waals surface area contributed by atoms with Crippen LogP contribution in [0.3, 0.4) is 0 Å². The predicted molar refractivity (Wildman–Crippen MR) is 105 cm³/mol. The van der Waals surface area contributed by atoms with Gasteiger partial charge in [-0.2, -0.15) is 4.98 Å². The molecule has 2 aromatic heterocycles. The Bertz CT molecular complexity index is 692. The minimum absolute atomic E-state index is 0. The van der Waals surface area contributed by atoms with E-state index >= 15 is 0 Å². The largest absolute Gasteiger partial charge is 0.383 e. The highest BCUT2D eigenvalue weighted by Crippen LogP contribution is 2.35. The topological polar surface area (TPSA) is 121 Å². The Balaban J connectivity index is 0.00000169. The van der Waals surface area contributed by atoms with Crippen LogP contribution in [0, 0.1) is 0 Å². The standard InChI is InChI=1S/C15H24N8O.2ClH/c1-22(8-14-21-18-9-23(14)3-4-24-2)13-7-12(19-15(17)20-13)10-5-11(16)6-10;;/h7,9-11H,3-6,8,16H2,1-2H3,(H2,17,19,20);2*1H. The number of rotatable bonds is 7. The fourth-order valence-corrected chi connectivity index (χ4v) is 2.85. The first-order valence-electron chi connectivity index (χ1n) is 8.03. The minimum Gasteiger partial charge on any atom is -0.383 e. The summed E-state index contributed by atoms with van der Waals surface area (Å²) in [4.78, 5) is 10.7. The fraction of sp³-hybridized carbons (Fsp3) is 0.600. The zero-order valence-electron chi connectivity index (χ0n) is 14.9. The van der Waals surface area contributed by atoms with Gasteiger partial charge in [0.15, 0.2) is 5.82 Å². The van der Waals surface area contributed by atoms with Crippen molar-refractivity contribution in [3.05, 3.63) is 23.9 Å². The molecule has 26 heavy (non-hydrogen) atoms. The first-order chi connectivity index (χ1) is 11.6. The van der Waals surface area contributed by atoms with Crippen LogP contribution in [0.1, 0.15) is 30.3 Å². The van der Waals surface area contributed by atoms with Crippen molar-refractivity contribution in [2.45, 2.75) is 37.9 Å². The molecule has 0 aromatic carbocycles. The summed E-state index contributed by atoms with van der Waals surface area (Å²) >= 11 is 0. The number of nitrogens with zero attached hydrogens (tertiary/aromatic N) is 6. The second-order valence-corrected chi connectivity index (χ2v) is 6.23. The van der Waals surface area contributed by atoms with Gasteiger partial charge >= 0.3 is 0 Å². The lowest BCUT2D eigenvalue weighted by molar-refractivity contribution is 0.186. The summed E-state index contributed by atoms with van der Waals surface area (Å²) in [6, 6.07) is 2.26. The second kappa shape index (κ2) is 9.86. The maximum Gasteiger partial charge on any atom is 0.222 e. The van der Waals surface area contributed by atoms with E-state index in [1.807, 2.05) is 22.6 Å². The first-order valence-corrected chi connectivity index (χ1v) is 8.03. The van der Waals surface area contributed by atoms with Crippen molar-refractivity contribution in [3.8, 4) is 0 Å². The summed E-state index contributed by atoms with van der Waals surface area (Å²) in [5.74, 6) is 2.29. The molecule has 4 N–H and O–H groups in total. The molecule has 0 unspecified atom stereocenters. The molecule has 0 saturated heterocycles. The van der Waals surface area contributed by atoms with Crippen LogP contribution in [0.4, 0.5) is 11.8 Å². The molecule has 0 amide bonds. The van der Waals surface area contributed by atoms with Gasteiger partial charge in [-0.15, -0.1) is 35.0 Å². The Kier molecular flexibility index (Phi) is 8.48. The Morgan fingerprint density at radius 2 is 2.04 bits per heavy atom. The smallest absolute Gasteiger partial charge is 0.222 e. The third kappa shape index (κ3) is 5.16. The van der Waals surface area contributed by atoms with E-state index in [4.69, 9.17) is 16.2 Å². The van der Waals surface area contributed by atoms with Crippen LogP contribution < -0.4 is 16.4 Å². The van der Waals surface area contributed by atoms with Crippen molar-refractivity contribution in [1.82, 2.24) is 24.7 Å². The Morgan fingerprint density at radius 3 is 2.69 bits per heavy atom. The van der Waals surface area contributed by atoms with E-state index in [1.165, 1.54) is 0 Å². The zero-order chi connectivity index (χ0) is 17.1. The molecular weight excluding hydrogens is 379 g/mol. The Hall–Kier alpha value is -1.68. The summed E-state index contributed by atoms with van der Waals surface area (Å²) in [6.45, 7) is 1.90. The Morgan fingerprint density at radius 1 is 1.31 bits per heavy atom. The molecule has 2 aromatic rings. The molecule has 1 saturated carbocycles. The summed E-state index contributed by atoms with van der Waals surface area (Å²) < 4.78 is 7.08. The average molecular weight is 405 g/mol. The van der Waals surface area contributed by atoms with Crippen LogP contribution in [0.5, 0.6) is 0 Å². The van der Waals surface area contributed by atoms with Gasteiger partial charge in [-0.05, 0) is 12.8 Å². The lowest BCUT2D eigenvalue weighted by atomic mass is 9.78. The highest BCUT2D eigenvalue weighted by atomic mass is 35.5. The average Bonchev–Trinajstić information content (AvgIpc) is 2.96. The molecule has 0 aliphatic heterocycles. The number of halogens is 2. The van der Waals surface area contributed by atoms with Crippen molar-refractivity contribution in [2.75, 3.05) is 31.4 Å². The summed E-state index contributed by atoms with van der Waals surface area (Å²) in [5.41, 5.74) is 12.7. The van der Waals surface area contributed by atoms with Gasteiger partial charge in [-0.25, -0.2) is 4.98 Å². The number of nitrogens with two attached hydrogens (primary N) is 2. The van der Waals surface area contributed by atoms with Crippen LogP contribution in [-0.2, 0) is 17.8 Å². The van der Waals surface area contributed by atoms with E-state index in [1.54, 1.807) is 13.4 Å². The molecule has 146 valence electrons. The van der Waals surface area contributed by atoms with Crippen molar-refractivity contribution in [3.63, 3.8) is 0 Å². The van der Waals surface area contributed by atoms with Gasteiger partial charge in [-0.1, -0.05) is 0 Å². The third-order valence-electron chi connectivity index (χ3n) is 4.34. The lowest BCUT2D eigenvalue weighted by Crippen LogP contribution is -2.35. The molecule has 1 aliphatic rings. The number of hydrogen-bond donors (Lipinski definition) is 2. The number of nitrogen functional groups attached to an aromatic ring is 1. The monoisotopic (exact) mass is 404 g/mol. The van der Waals surface area contributed by atoms with Gasteiger partial charge in [0.25, 0.3) is 0 Å². The van der Waals surface area contributed by atoms with Gasteiger partial charge in [0.05, 0.1) is 18.8 Å². The van der Waals surface area contributed by atoms with E-state index in [2.05, 4.69) is 20.2 Å². The quantitative estimate of drug-likeness (QED) is 0.699. The van der Waals surface area contributed by atoms with E-state index in [0.717, 1.165) is 30.2 Å². The molecule has 9 nitrogen and oxygen atoms in total. The zero-order valence-corrected chi connectivity index (χ0v) is 16.5. The molecule has 1 fully saturated rings. The second-order valence-electron chi connectivity index (χ2n) is 6.23. The van der Waals surface area contributed by atoms with Gasteiger partial charge in [-0.3, -0.25) is 0 Å². The van der Waals surface area contributed by atoms with Crippen molar-refractivity contribution in [2.24, 2.45) is 5.73 Å². The maximum atomic E-state index is 5.89. The van der Waals surface area contributed by atoms with Crippen LogP contribution in [0.2, 0.25) is 0 Å². The van der Waals surface area contributed by atoms with Crippen LogP contribution in [0.15, 0.2) is 12.4 Å². The van der Waals surface area contributed by atoms with Crippen molar-refractivity contribution < 1.29 is 4.74 Å². The predicted octanol–water partition coefficient (Wildman–Crippen LogP) is 0.981.